The number of nitrogens with zero attached hydrogens (tertiary/aromatic N) is 2. The third-order valence-electron chi connectivity index (χ3n) is 4.96. The summed E-state index contributed by atoms with van der Waals surface area (Å²) in [5.41, 5.74) is 2.99. The predicted molar refractivity (Wildman–Crippen MR) is 103 cm³/mol. The Labute approximate surface area is 159 Å². The van der Waals surface area contributed by atoms with E-state index in [2.05, 4.69) is 10.4 Å². The lowest BCUT2D eigenvalue weighted by atomic mass is 10.1. The van der Waals surface area contributed by atoms with Crippen LogP contribution >= 0.6 is 0 Å². The van der Waals surface area contributed by atoms with E-state index in [0.717, 1.165) is 17.0 Å². The third kappa shape index (κ3) is 4.32. The lowest BCUT2D eigenvalue weighted by molar-refractivity contribution is 0.0952. The van der Waals surface area contributed by atoms with Gasteiger partial charge in [0, 0.05) is 12.2 Å². The molecule has 0 bridgehead atoms. The second-order valence-electron chi connectivity index (χ2n) is 6.90. The molecule has 1 atom stereocenters. The number of ether oxygens (including phenoxy) is 1. The number of sulfone groups is 1. The summed E-state index contributed by atoms with van der Waals surface area (Å²) in [4.78, 5) is 12.6. The second kappa shape index (κ2) is 7.72. The van der Waals surface area contributed by atoms with Crippen LogP contribution in [0.3, 0.4) is 0 Å². The van der Waals surface area contributed by atoms with Gasteiger partial charge >= 0.3 is 0 Å². The van der Waals surface area contributed by atoms with Gasteiger partial charge in [0.15, 0.2) is 9.84 Å². The monoisotopic (exact) mass is 391 g/mol. The average molecular weight is 391 g/mol. The minimum Gasteiger partial charge on any atom is -0.497 e. The molecule has 0 aliphatic carbocycles. The molecule has 27 heavy (non-hydrogen) atoms. The van der Waals surface area contributed by atoms with Crippen LogP contribution in [0.2, 0.25) is 0 Å². The molecule has 1 N–H and O–H groups in total. The van der Waals surface area contributed by atoms with Crippen LogP contribution in [-0.2, 0) is 16.3 Å². The molecule has 0 radical (unpaired) electrons. The van der Waals surface area contributed by atoms with Gasteiger partial charge in [-0.05, 0) is 44.4 Å². The Bertz CT molecular complexity index is 933. The summed E-state index contributed by atoms with van der Waals surface area (Å²) < 4.78 is 30.3. The van der Waals surface area contributed by atoms with E-state index in [1.165, 1.54) is 0 Å². The maximum absolute atomic E-state index is 12.6. The van der Waals surface area contributed by atoms with Crippen molar-refractivity contribution in [2.75, 3.05) is 25.2 Å². The zero-order valence-electron chi connectivity index (χ0n) is 15.9. The van der Waals surface area contributed by atoms with Crippen molar-refractivity contribution in [3.8, 4) is 5.75 Å². The molecule has 7 nitrogen and oxygen atoms in total. The van der Waals surface area contributed by atoms with Crippen molar-refractivity contribution in [1.82, 2.24) is 15.1 Å². The van der Waals surface area contributed by atoms with Crippen LogP contribution in [0.25, 0.3) is 0 Å². The topological polar surface area (TPSA) is 90.3 Å². The van der Waals surface area contributed by atoms with Gasteiger partial charge in [-0.25, -0.2) is 8.42 Å². The minimum atomic E-state index is -3.00. The quantitative estimate of drug-likeness (QED) is 0.811. The number of benzene rings is 1. The fourth-order valence-electron chi connectivity index (χ4n) is 3.52. The van der Waals surface area contributed by atoms with E-state index in [0.29, 0.717) is 30.6 Å². The van der Waals surface area contributed by atoms with Gasteiger partial charge in [-0.1, -0.05) is 12.1 Å². The van der Waals surface area contributed by atoms with E-state index in [1.807, 2.05) is 31.2 Å². The number of hydrogen-bond donors (Lipinski definition) is 1. The SMILES string of the molecule is COc1ccc(CCNC(=O)c2c(C)nn(C3CCS(=O)(=O)C3)c2C)cc1. The van der Waals surface area contributed by atoms with E-state index >= 15 is 0 Å². The summed E-state index contributed by atoms with van der Waals surface area (Å²) in [6.45, 7) is 4.11. The maximum Gasteiger partial charge on any atom is 0.255 e. The standard InChI is InChI=1S/C19H25N3O4S/c1-13-18(14(2)22(21-13)16-9-11-27(24,25)12-16)19(23)20-10-8-15-4-6-17(26-3)7-5-15/h4-7,16H,8-12H2,1-3H3,(H,20,23). The van der Waals surface area contributed by atoms with Crippen molar-refractivity contribution >= 4 is 15.7 Å². The summed E-state index contributed by atoms with van der Waals surface area (Å²) in [6, 6.07) is 7.55. The normalized spacial score (nSPS) is 18.4. The summed E-state index contributed by atoms with van der Waals surface area (Å²) >= 11 is 0. The van der Waals surface area contributed by atoms with Gasteiger partial charge in [-0.2, -0.15) is 5.10 Å². The number of aryl methyl sites for hydroxylation is 1. The average Bonchev–Trinajstić information content (AvgIpc) is 3.14. The summed E-state index contributed by atoms with van der Waals surface area (Å²) in [6.07, 6.45) is 1.26. The number of rotatable bonds is 6. The second-order valence-corrected chi connectivity index (χ2v) is 9.13. The number of amides is 1. The van der Waals surface area contributed by atoms with Gasteiger partial charge in [0.25, 0.3) is 5.91 Å². The van der Waals surface area contributed by atoms with Gasteiger partial charge in [-0.15, -0.1) is 0 Å². The maximum atomic E-state index is 12.6. The van der Waals surface area contributed by atoms with Crippen molar-refractivity contribution in [1.29, 1.82) is 0 Å². The summed E-state index contributed by atoms with van der Waals surface area (Å²) in [7, 11) is -1.38. The molecule has 8 heteroatoms. The molecule has 3 rings (SSSR count). The molecule has 2 aromatic rings. The number of methoxy groups -OCH3 is 1. The fraction of sp³-hybridized carbons (Fsp3) is 0.474. The van der Waals surface area contributed by atoms with Crippen LogP contribution in [-0.4, -0.2) is 49.3 Å². The van der Waals surface area contributed by atoms with E-state index in [4.69, 9.17) is 4.74 Å². The van der Waals surface area contributed by atoms with Crippen LogP contribution in [0, 0.1) is 13.8 Å². The number of carbonyl (C=O) groups excluding carboxylic acids is 1. The first kappa shape index (κ1) is 19.4. The fourth-order valence-corrected chi connectivity index (χ4v) is 5.21. The van der Waals surface area contributed by atoms with Gasteiger partial charge in [0.1, 0.15) is 5.75 Å². The molecule has 1 aliphatic heterocycles. The molecule has 2 heterocycles. The molecule has 0 saturated carbocycles. The Morgan fingerprint density at radius 3 is 2.59 bits per heavy atom. The highest BCUT2D eigenvalue weighted by Gasteiger charge is 2.32. The molecule has 0 spiro atoms. The minimum absolute atomic E-state index is 0.0908. The van der Waals surface area contributed by atoms with Gasteiger partial charge in [-0.3, -0.25) is 9.48 Å². The molecule has 1 aliphatic rings. The Morgan fingerprint density at radius 2 is 2.00 bits per heavy atom. The largest absolute Gasteiger partial charge is 0.497 e. The highest BCUT2D eigenvalue weighted by molar-refractivity contribution is 7.91. The Kier molecular flexibility index (Phi) is 5.55. The predicted octanol–water partition coefficient (Wildman–Crippen LogP) is 1.84. The first-order chi connectivity index (χ1) is 12.8. The zero-order chi connectivity index (χ0) is 19.6. The molecule has 1 saturated heterocycles. The molecular weight excluding hydrogens is 366 g/mol. The molecule has 1 aromatic heterocycles. The molecule has 1 aromatic carbocycles. The van der Waals surface area contributed by atoms with Crippen LogP contribution in [0.5, 0.6) is 5.75 Å². The van der Waals surface area contributed by atoms with Crippen molar-refractivity contribution in [3.05, 3.63) is 46.8 Å². The van der Waals surface area contributed by atoms with Crippen LogP contribution in [0.1, 0.15) is 39.8 Å². The van der Waals surface area contributed by atoms with Crippen molar-refractivity contribution in [3.63, 3.8) is 0 Å². The van der Waals surface area contributed by atoms with E-state index in [9.17, 15) is 13.2 Å². The van der Waals surface area contributed by atoms with Gasteiger partial charge in [0.2, 0.25) is 0 Å². The highest BCUT2D eigenvalue weighted by atomic mass is 32.2. The Morgan fingerprint density at radius 1 is 1.30 bits per heavy atom. The molecule has 1 unspecified atom stereocenters. The van der Waals surface area contributed by atoms with Crippen LogP contribution in [0.15, 0.2) is 24.3 Å². The van der Waals surface area contributed by atoms with Crippen LogP contribution in [0.4, 0.5) is 0 Å². The van der Waals surface area contributed by atoms with E-state index < -0.39 is 9.84 Å². The molecular formula is C19H25N3O4S. The first-order valence-electron chi connectivity index (χ1n) is 8.98. The Hall–Kier alpha value is -2.35. The zero-order valence-corrected chi connectivity index (χ0v) is 16.7. The van der Waals surface area contributed by atoms with E-state index in [-0.39, 0.29) is 23.5 Å². The van der Waals surface area contributed by atoms with Gasteiger partial charge < -0.3 is 10.1 Å². The molecule has 1 amide bonds. The lowest BCUT2D eigenvalue weighted by Gasteiger charge is -2.11. The number of hydrogen-bond acceptors (Lipinski definition) is 5. The Balaban J connectivity index is 1.64. The van der Waals surface area contributed by atoms with E-state index in [1.54, 1.807) is 18.7 Å². The number of aromatic nitrogens is 2. The van der Waals surface area contributed by atoms with Crippen LogP contribution < -0.4 is 10.1 Å². The summed E-state index contributed by atoms with van der Waals surface area (Å²) in [5, 5.41) is 7.38. The first-order valence-corrected chi connectivity index (χ1v) is 10.8. The highest BCUT2D eigenvalue weighted by Crippen LogP contribution is 2.26. The van der Waals surface area contributed by atoms with Crippen molar-refractivity contribution < 1.29 is 17.9 Å². The number of carbonyl (C=O) groups is 1. The summed E-state index contributed by atoms with van der Waals surface area (Å²) in [5.74, 6) is 0.897. The lowest BCUT2D eigenvalue weighted by Crippen LogP contribution is -2.27. The number of nitrogens with one attached hydrogen (secondary N) is 1. The van der Waals surface area contributed by atoms with Crippen molar-refractivity contribution in [2.24, 2.45) is 0 Å². The smallest absolute Gasteiger partial charge is 0.255 e. The molecule has 1 fully saturated rings. The third-order valence-corrected chi connectivity index (χ3v) is 6.71. The van der Waals surface area contributed by atoms with Crippen molar-refractivity contribution in [2.45, 2.75) is 32.7 Å². The van der Waals surface area contributed by atoms with Gasteiger partial charge in [0.05, 0.1) is 35.9 Å². The molecule has 146 valence electrons.